The molecule has 6 N–H and O–H groups in total. The molecule has 13 heteroatoms. The Hall–Kier alpha value is -0.190. The Morgan fingerprint density at radius 2 is 1.61 bits per heavy atom. The molecule has 108 valence electrons. The van der Waals surface area contributed by atoms with Gasteiger partial charge in [0, 0.05) is 0 Å². The van der Waals surface area contributed by atoms with Crippen LogP contribution in [0, 0.1) is 0 Å². The zero-order valence-corrected chi connectivity index (χ0v) is 10.4. The highest BCUT2D eigenvalue weighted by Gasteiger charge is 2.34. The first kappa shape index (κ1) is 17.8. The molecule has 0 amide bonds. The molecule has 0 aromatic rings. The molecule has 1 unspecified atom stereocenters. The van der Waals surface area contributed by atoms with Gasteiger partial charge in [0.2, 0.25) is 0 Å². The zero-order valence-electron chi connectivity index (χ0n) is 8.64. The third kappa shape index (κ3) is 7.29. The van der Waals surface area contributed by atoms with Gasteiger partial charge in [0.05, 0.1) is 6.61 Å². The van der Waals surface area contributed by atoms with Gasteiger partial charge in [-0.2, -0.15) is 4.31 Å². The Balaban J connectivity index is 4.36. The van der Waals surface area contributed by atoms with Crippen molar-refractivity contribution in [1.82, 2.24) is 0 Å². The summed E-state index contributed by atoms with van der Waals surface area (Å²) in [7, 11) is -10.4. The van der Waals surface area contributed by atoms with Gasteiger partial charge in [0.25, 0.3) is 0 Å². The van der Waals surface area contributed by atoms with Gasteiger partial charge in [-0.3, -0.25) is 4.52 Å². The Morgan fingerprint density at radius 1 is 1.11 bits per heavy atom. The van der Waals surface area contributed by atoms with Crippen molar-refractivity contribution in [3.8, 4) is 0 Å². The minimum absolute atomic E-state index is 0.0986. The summed E-state index contributed by atoms with van der Waals surface area (Å²) >= 11 is 0. The molecular weight excluding hydrogens is 298 g/mol. The zero-order chi connectivity index (χ0) is 14.6. The summed E-state index contributed by atoms with van der Waals surface area (Å²) < 4.78 is 28.4. The number of aliphatic hydroxyl groups is 3. The van der Waals surface area contributed by atoms with E-state index < -0.39 is 40.6 Å². The lowest BCUT2D eigenvalue weighted by Crippen LogP contribution is -2.40. The molecule has 0 aromatic carbocycles. The number of phosphoric acid groups is 2. The number of hydrogen-bond acceptors (Lipinski definition) is 8. The summed E-state index contributed by atoms with van der Waals surface area (Å²) in [5.74, 6) is 0. The number of rotatable bonds is 8. The van der Waals surface area contributed by atoms with E-state index in [4.69, 9.17) is 30.0 Å². The molecule has 0 fully saturated rings. The summed E-state index contributed by atoms with van der Waals surface area (Å²) in [5, 5.41) is 26.9. The van der Waals surface area contributed by atoms with E-state index in [1.165, 1.54) is 0 Å². The molecule has 4 atom stereocenters. The normalized spacial score (nSPS) is 20.8. The van der Waals surface area contributed by atoms with E-state index in [9.17, 15) is 13.9 Å². The number of carbonyl (C=O) groups is 1. The van der Waals surface area contributed by atoms with Gasteiger partial charge in [-0.1, -0.05) is 0 Å². The smallest absolute Gasteiger partial charge is 0.388 e. The van der Waals surface area contributed by atoms with Gasteiger partial charge in [0.1, 0.15) is 18.3 Å². The minimum Gasteiger partial charge on any atom is -0.388 e. The van der Waals surface area contributed by atoms with Crippen molar-refractivity contribution in [3.63, 3.8) is 0 Å². The van der Waals surface area contributed by atoms with Crippen molar-refractivity contribution in [2.45, 2.75) is 18.3 Å². The topological polar surface area (TPSA) is 191 Å². The minimum atomic E-state index is -5.28. The first-order valence-electron chi connectivity index (χ1n) is 4.22. The Kier molecular flexibility index (Phi) is 6.75. The average Bonchev–Trinajstić information content (AvgIpc) is 2.20. The third-order valence-corrected chi connectivity index (χ3v) is 3.65. The van der Waals surface area contributed by atoms with E-state index in [0.29, 0.717) is 0 Å². The highest BCUT2D eigenvalue weighted by Crippen LogP contribution is 2.57. The molecule has 0 spiro atoms. The van der Waals surface area contributed by atoms with Crippen LogP contribution < -0.4 is 0 Å². The van der Waals surface area contributed by atoms with Crippen molar-refractivity contribution in [2.24, 2.45) is 0 Å². The Bertz CT molecular complexity index is 362. The van der Waals surface area contributed by atoms with E-state index in [1.54, 1.807) is 0 Å². The number of aliphatic hydroxyl groups excluding tert-OH is 3. The van der Waals surface area contributed by atoms with Crippen LogP contribution in [-0.2, 0) is 22.8 Å². The largest absolute Gasteiger partial charge is 0.481 e. The molecule has 0 aromatic heterocycles. The molecule has 0 aliphatic rings. The SMILES string of the molecule is O=C[C@H](O)[C@@H](O)[C@H](O)COP(=O)(O)OP(=O)(O)O. The summed E-state index contributed by atoms with van der Waals surface area (Å²) in [6.45, 7) is -1.11. The van der Waals surface area contributed by atoms with Crippen LogP contribution >= 0.6 is 15.6 Å². The summed E-state index contributed by atoms with van der Waals surface area (Å²) in [4.78, 5) is 35.3. The molecule has 11 nitrogen and oxygen atoms in total. The van der Waals surface area contributed by atoms with Crippen molar-refractivity contribution in [3.05, 3.63) is 0 Å². The summed E-state index contributed by atoms with van der Waals surface area (Å²) in [5.41, 5.74) is 0. The molecule has 0 radical (unpaired) electrons. The lowest BCUT2D eigenvalue weighted by molar-refractivity contribution is -0.127. The molecule has 0 aliphatic carbocycles. The molecule has 0 rings (SSSR count). The predicted molar refractivity (Wildman–Crippen MR) is 53.0 cm³/mol. The van der Waals surface area contributed by atoms with Crippen LogP contribution in [0.15, 0.2) is 0 Å². The van der Waals surface area contributed by atoms with E-state index in [1.807, 2.05) is 0 Å². The van der Waals surface area contributed by atoms with Crippen LogP contribution in [0.2, 0.25) is 0 Å². The monoisotopic (exact) mass is 310 g/mol. The maximum Gasteiger partial charge on any atom is 0.481 e. The second kappa shape index (κ2) is 6.83. The maximum atomic E-state index is 10.9. The second-order valence-electron chi connectivity index (χ2n) is 3.02. The molecule has 18 heavy (non-hydrogen) atoms. The van der Waals surface area contributed by atoms with Crippen LogP contribution in [0.3, 0.4) is 0 Å². The van der Waals surface area contributed by atoms with Crippen molar-refractivity contribution >= 4 is 21.9 Å². The van der Waals surface area contributed by atoms with E-state index in [-0.39, 0.29) is 6.29 Å². The van der Waals surface area contributed by atoms with Crippen LogP contribution in [0.5, 0.6) is 0 Å². The summed E-state index contributed by atoms with van der Waals surface area (Å²) in [6, 6.07) is 0. The molecular formula is C5H12O11P2. The van der Waals surface area contributed by atoms with Crippen LogP contribution in [0.1, 0.15) is 0 Å². The van der Waals surface area contributed by atoms with Crippen LogP contribution in [-0.4, -0.2) is 61.2 Å². The van der Waals surface area contributed by atoms with Gasteiger partial charge in [-0.05, 0) is 0 Å². The number of hydrogen-bond donors (Lipinski definition) is 6. The van der Waals surface area contributed by atoms with E-state index >= 15 is 0 Å². The summed E-state index contributed by atoms with van der Waals surface area (Å²) in [6.07, 6.45) is -6.01. The average molecular weight is 310 g/mol. The van der Waals surface area contributed by atoms with E-state index in [2.05, 4.69) is 8.83 Å². The fourth-order valence-electron chi connectivity index (χ4n) is 0.735. The Labute approximate surface area is 100 Å². The number of phosphoric ester groups is 1. The maximum absolute atomic E-state index is 10.9. The molecule has 0 bridgehead atoms. The fraction of sp³-hybridized carbons (Fsp3) is 0.800. The number of carbonyl (C=O) groups excluding carboxylic acids is 1. The fourth-order valence-corrected chi connectivity index (χ4v) is 2.34. The quantitative estimate of drug-likeness (QED) is 0.205. The highest BCUT2D eigenvalue weighted by molar-refractivity contribution is 7.60. The van der Waals surface area contributed by atoms with Crippen LogP contribution in [0.25, 0.3) is 0 Å². The Morgan fingerprint density at radius 3 is 2.00 bits per heavy atom. The van der Waals surface area contributed by atoms with Crippen molar-refractivity contribution in [1.29, 1.82) is 0 Å². The number of aldehydes is 1. The lowest BCUT2D eigenvalue weighted by Gasteiger charge is -2.20. The third-order valence-electron chi connectivity index (χ3n) is 1.50. The molecule has 0 aliphatic heterocycles. The molecule has 0 heterocycles. The van der Waals surface area contributed by atoms with Crippen LogP contribution in [0.4, 0.5) is 0 Å². The van der Waals surface area contributed by atoms with Gasteiger partial charge < -0.3 is 34.8 Å². The predicted octanol–water partition coefficient (Wildman–Crippen LogP) is -2.51. The van der Waals surface area contributed by atoms with Crippen molar-refractivity contribution in [2.75, 3.05) is 6.61 Å². The first-order valence-corrected chi connectivity index (χ1v) is 7.25. The van der Waals surface area contributed by atoms with Gasteiger partial charge in [-0.25, -0.2) is 9.13 Å². The van der Waals surface area contributed by atoms with Crippen molar-refractivity contribution < 1.29 is 52.8 Å². The van der Waals surface area contributed by atoms with E-state index in [0.717, 1.165) is 0 Å². The molecule has 0 saturated heterocycles. The van der Waals surface area contributed by atoms with Gasteiger partial charge in [0.15, 0.2) is 6.29 Å². The lowest BCUT2D eigenvalue weighted by atomic mass is 10.1. The van der Waals surface area contributed by atoms with Gasteiger partial charge >= 0.3 is 15.6 Å². The second-order valence-corrected chi connectivity index (χ2v) is 5.85. The highest BCUT2D eigenvalue weighted by atomic mass is 31.3. The standard InChI is InChI=1S/C5H12O11P2/c6-1-3(7)5(9)4(8)2-15-18(13,14)16-17(10,11)12/h1,3-5,7-9H,2H2,(H,13,14)(H2,10,11,12)/t3-,4+,5+/m0/s1. The molecule has 0 saturated carbocycles. The first-order chi connectivity index (χ1) is 7.98. The van der Waals surface area contributed by atoms with Gasteiger partial charge in [-0.15, -0.1) is 0 Å².